The third-order valence-corrected chi connectivity index (χ3v) is 3.54. The molecule has 0 radical (unpaired) electrons. The molecule has 2 N–H and O–H groups in total. The van der Waals surface area contributed by atoms with E-state index in [9.17, 15) is 9.59 Å². The molecule has 0 aliphatic carbocycles. The first-order valence-corrected chi connectivity index (χ1v) is 7.01. The number of terminal acetylenes is 1. The minimum absolute atomic E-state index is 0.164. The standard InChI is InChI=1S/C16H18N2O4/c1-2-9-22-14-6-4-3-5-12(14)10-17-16(21)18-8-7-13(11-18)15(19)20/h1,3-6,13H,7-11H2,(H,17,21)(H,19,20). The Bertz CT molecular complexity index is 594. The van der Waals surface area contributed by atoms with Crippen LogP contribution in [0.5, 0.6) is 5.75 Å². The van der Waals surface area contributed by atoms with Crippen LogP contribution in [-0.2, 0) is 11.3 Å². The fourth-order valence-corrected chi connectivity index (χ4v) is 2.34. The van der Waals surface area contributed by atoms with Gasteiger partial charge in [-0.05, 0) is 12.5 Å². The molecule has 2 amide bonds. The second-order valence-corrected chi connectivity index (χ2v) is 5.03. The first-order valence-electron chi connectivity index (χ1n) is 7.01. The maximum Gasteiger partial charge on any atom is 0.317 e. The zero-order valence-electron chi connectivity index (χ0n) is 12.1. The highest BCUT2D eigenvalue weighted by molar-refractivity contribution is 5.77. The number of ether oxygens (including phenoxy) is 1. The van der Waals surface area contributed by atoms with Gasteiger partial charge in [-0.2, -0.15) is 0 Å². The van der Waals surface area contributed by atoms with E-state index in [0.29, 0.717) is 25.3 Å². The lowest BCUT2D eigenvalue weighted by Crippen LogP contribution is -2.38. The zero-order chi connectivity index (χ0) is 15.9. The lowest BCUT2D eigenvalue weighted by Gasteiger charge is -2.17. The molecular formula is C16H18N2O4. The zero-order valence-corrected chi connectivity index (χ0v) is 12.1. The number of carbonyl (C=O) groups is 2. The first-order chi connectivity index (χ1) is 10.6. The van der Waals surface area contributed by atoms with Crippen molar-refractivity contribution in [2.24, 2.45) is 5.92 Å². The lowest BCUT2D eigenvalue weighted by molar-refractivity contribution is -0.141. The highest BCUT2D eigenvalue weighted by atomic mass is 16.5. The van der Waals surface area contributed by atoms with E-state index < -0.39 is 11.9 Å². The Kier molecular flexibility index (Phi) is 5.26. The molecule has 0 spiro atoms. The average Bonchev–Trinajstić information content (AvgIpc) is 3.01. The highest BCUT2D eigenvalue weighted by Crippen LogP contribution is 2.19. The van der Waals surface area contributed by atoms with Gasteiger partial charge in [0.15, 0.2) is 0 Å². The predicted molar refractivity (Wildman–Crippen MR) is 80.3 cm³/mol. The minimum Gasteiger partial charge on any atom is -0.481 e. The van der Waals surface area contributed by atoms with E-state index in [1.165, 1.54) is 4.90 Å². The summed E-state index contributed by atoms with van der Waals surface area (Å²) in [6, 6.07) is 7.04. The van der Waals surface area contributed by atoms with Crippen LogP contribution in [0, 0.1) is 18.3 Å². The minimum atomic E-state index is -0.858. The third kappa shape index (κ3) is 3.92. The second-order valence-electron chi connectivity index (χ2n) is 5.03. The molecule has 1 aromatic carbocycles. The van der Waals surface area contributed by atoms with Crippen molar-refractivity contribution in [3.8, 4) is 18.1 Å². The molecule has 116 valence electrons. The van der Waals surface area contributed by atoms with E-state index in [4.69, 9.17) is 16.3 Å². The molecule has 1 aliphatic rings. The summed E-state index contributed by atoms with van der Waals surface area (Å²) in [4.78, 5) is 24.5. The normalized spacial score (nSPS) is 16.9. The van der Waals surface area contributed by atoms with Crippen LogP contribution >= 0.6 is 0 Å². The Labute approximate surface area is 129 Å². The van der Waals surface area contributed by atoms with Gasteiger partial charge >= 0.3 is 12.0 Å². The summed E-state index contributed by atoms with van der Waals surface area (Å²) in [5.74, 6) is 1.69. The van der Waals surface area contributed by atoms with Gasteiger partial charge in [0.1, 0.15) is 12.4 Å². The average molecular weight is 302 g/mol. The van der Waals surface area contributed by atoms with Crippen LogP contribution in [0.4, 0.5) is 4.79 Å². The van der Waals surface area contributed by atoms with E-state index in [-0.39, 0.29) is 19.2 Å². The third-order valence-electron chi connectivity index (χ3n) is 3.54. The molecule has 1 atom stereocenters. The molecule has 0 aromatic heterocycles. The molecule has 1 unspecified atom stereocenters. The van der Waals surface area contributed by atoms with Crippen LogP contribution in [0.25, 0.3) is 0 Å². The number of urea groups is 1. The number of benzene rings is 1. The van der Waals surface area contributed by atoms with E-state index in [0.717, 1.165) is 5.56 Å². The summed E-state index contributed by atoms with van der Waals surface area (Å²) in [5.41, 5.74) is 0.820. The van der Waals surface area contributed by atoms with Crippen LogP contribution in [0.15, 0.2) is 24.3 Å². The molecule has 1 aliphatic heterocycles. The fraction of sp³-hybridized carbons (Fsp3) is 0.375. The molecule has 1 fully saturated rings. The summed E-state index contributed by atoms with van der Waals surface area (Å²) in [7, 11) is 0. The van der Waals surface area contributed by atoms with Gasteiger partial charge in [-0.3, -0.25) is 4.79 Å². The van der Waals surface area contributed by atoms with E-state index in [1.54, 1.807) is 6.07 Å². The van der Waals surface area contributed by atoms with Crippen molar-refractivity contribution in [2.45, 2.75) is 13.0 Å². The van der Waals surface area contributed by atoms with Crippen molar-refractivity contribution in [3.63, 3.8) is 0 Å². The predicted octanol–water partition coefficient (Wildman–Crippen LogP) is 1.31. The van der Waals surface area contributed by atoms with Crippen LogP contribution in [0.2, 0.25) is 0 Å². The Morgan fingerprint density at radius 3 is 2.91 bits per heavy atom. The lowest BCUT2D eigenvalue weighted by atomic mass is 10.1. The molecule has 0 bridgehead atoms. The highest BCUT2D eigenvalue weighted by Gasteiger charge is 2.30. The number of hydrogen-bond acceptors (Lipinski definition) is 3. The maximum atomic E-state index is 12.1. The number of carboxylic acid groups (broad SMARTS) is 1. The number of nitrogens with zero attached hydrogens (tertiary/aromatic N) is 1. The number of amides is 2. The van der Waals surface area contributed by atoms with Crippen LogP contribution < -0.4 is 10.1 Å². The second kappa shape index (κ2) is 7.36. The molecule has 1 saturated heterocycles. The van der Waals surface area contributed by atoms with Crippen LogP contribution in [0.1, 0.15) is 12.0 Å². The largest absolute Gasteiger partial charge is 0.481 e. The van der Waals surface area contributed by atoms with Crippen LogP contribution in [0.3, 0.4) is 0 Å². The number of carbonyl (C=O) groups excluding carboxylic acids is 1. The summed E-state index contributed by atoms with van der Waals surface area (Å²) in [6.45, 7) is 1.17. The number of nitrogens with one attached hydrogen (secondary N) is 1. The SMILES string of the molecule is C#CCOc1ccccc1CNC(=O)N1CCC(C(=O)O)C1. The fourth-order valence-electron chi connectivity index (χ4n) is 2.34. The molecule has 0 saturated carbocycles. The maximum absolute atomic E-state index is 12.1. The number of likely N-dealkylation sites (tertiary alicyclic amines) is 1. The summed E-state index contributed by atoms with van der Waals surface area (Å²) < 4.78 is 5.41. The molecule has 1 aromatic rings. The van der Waals surface area contributed by atoms with Gasteiger partial charge in [-0.25, -0.2) is 4.79 Å². The first kappa shape index (κ1) is 15.7. The van der Waals surface area contributed by atoms with Crippen molar-refractivity contribution < 1.29 is 19.4 Å². The molecule has 6 heteroatoms. The Morgan fingerprint density at radius 2 is 2.23 bits per heavy atom. The summed E-state index contributed by atoms with van der Waals surface area (Å²) in [6.07, 6.45) is 5.66. The van der Waals surface area contributed by atoms with Gasteiger partial charge in [0, 0.05) is 25.2 Å². The summed E-state index contributed by atoms with van der Waals surface area (Å²) in [5, 5.41) is 11.7. The van der Waals surface area contributed by atoms with Gasteiger partial charge < -0.3 is 20.1 Å². The number of hydrogen-bond donors (Lipinski definition) is 2. The Balaban J connectivity index is 1.89. The number of para-hydroxylation sites is 1. The van der Waals surface area contributed by atoms with Gasteiger partial charge in [0.2, 0.25) is 0 Å². The topological polar surface area (TPSA) is 78.9 Å². The van der Waals surface area contributed by atoms with E-state index >= 15 is 0 Å². The molecule has 1 heterocycles. The Morgan fingerprint density at radius 1 is 1.45 bits per heavy atom. The quantitative estimate of drug-likeness (QED) is 0.804. The molecule has 22 heavy (non-hydrogen) atoms. The van der Waals surface area contributed by atoms with Gasteiger partial charge in [-0.1, -0.05) is 24.1 Å². The summed E-state index contributed by atoms with van der Waals surface area (Å²) >= 11 is 0. The van der Waals surface area contributed by atoms with E-state index in [2.05, 4.69) is 11.2 Å². The van der Waals surface area contributed by atoms with Crippen LogP contribution in [-0.4, -0.2) is 41.7 Å². The number of carboxylic acids is 1. The van der Waals surface area contributed by atoms with Crippen molar-refractivity contribution in [1.29, 1.82) is 0 Å². The number of rotatable bonds is 5. The molecule has 6 nitrogen and oxygen atoms in total. The smallest absolute Gasteiger partial charge is 0.317 e. The van der Waals surface area contributed by atoms with E-state index in [1.807, 2.05) is 18.2 Å². The van der Waals surface area contributed by atoms with Gasteiger partial charge in [0.25, 0.3) is 0 Å². The van der Waals surface area contributed by atoms with Crippen molar-refractivity contribution in [1.82, 2.24) is 10.2 Å². The van der Waals surface area contributed by atoms with Gasteiger partial charge in [-0.15, -0.1) is 6.42 Å². The van der Waals surface area contributed by atoms with Gasteiger partial charge in [0.05, 0.1) is 5.92 Å². The van der Waals surface area contributed by atoms with Crippen molar-refractivity contribution in [2.75, 3.05) is 19.7 Å². The monoisotopic (exact) mass is 302 g/mol. The van der Waals surface area contributed by atoms with Crippen molar-refractivity contribution >= 4 is 12.0 Å². The molecule has 2 rings (SSSR count). The molecular weight excluding hydrogens is 284 g/mol. The number of aliphatic carboxylic acids is 1. The van der Waals surface area contributed by atoms with Crippen molar-refractivity contribution in [3.05, 3.63) is 29.8 Å². The Hall–Kier alpha value is -2.68.